The highest BCUT2D eigenvalue weighted by molar-refractivity contribution is 5.99. The Morgan fingerprint density at radius 3 is 2.79 bits per heavy atom. The smallest absolute Gasteiger partial charge is 0.322 e. The summed E-state index contributed by atoms with van der Waals surface area (Å²) in [6, 6.07) is 7.25. The van der Waals surface area contributed by atoms with E-state index >= 15 is 0 Å². The molecule has 8 nitrogen and oxygen atoms in total. The van der Waals surface area contributed by atoms with Crippen molar-refractivity contribution in [2.45, 2.75) is 26.4 Å². The number of aromatic nitrogens is 2. The molecule has 3 heterocycles. The highest BCUT2D eigenvalue weighted by Gasteiger charge is 2.35. The first kappa shape index (κ1) is 18.5. The number of nitrogens with zero attached hydrogens (tertiary/aromatic N) is 3. The predicted octanol–water partition coefficient (Wildman–Crippen LogP) is 1.23. The molecule has 0 saturated carbocycles. The number of carbonyl (C=O) groups excluding carboxylic acids is 2. The Morgan fingerprint density at radius 2 is 2.11 bits per heavy atom. The highest BCUT2D eigenvalue weighted by atomic mass is 16.3. The van der Waals surface area contributed by atoms with Crippen molar-refractivity contribution in [3.8, 4) is 0 Å². The molecule has 2 saturated heterocycles. The Kier molecular flexibility index (Phi) is 4.80. The molecule has 0 unspecified atom stereocenters. The van der Waals surface area contributed by atoms with Gasteiger partial charge < -0.3 is 15.3 Å². The Hall–Kier alpha value is -2.87. The van der Waals surface area contributed by atoms with E-state index in [1.165, 1.54) is 0 Å². The van der Waals surface area contributed by atoms with Gasteiger partial charge in [-0.05, 0) is 44.0 Å². The Labute approximate surface area is 163 Å². The number of likely N-dealkylation sites (tertiary alicyclic amines) is 1. The third kappa shape index (κ3) is 3.47. The second-order valence-electron chi connectivity index (χ2n) is 7.67. The number of nitrogens with one attached hydrogen (secondary N) is 2. The first-order chi connectivity index (χ1) is 13.4. The summed E-state index contributed by atoms with van der Waals surface area (Å²) in [7, 11) is 0. The maximum absolute atomic E-state index is 13.0. The van der Waals surface area contributed by atoms with Crippen LogP contribution in [0, 0.1) is 19.8 Å². The van der Waals surface area contributed by atoms with Crippen LogP contribution in [0.4, 0.5) is 10.5 Å². The van der Waals surface area contributed by atoms with E-state index in [-0.39, 0.29) is 17.9 Å². The molecule has 148 valence electrons. The number of benzene rings is 1. The number of β-amino-alcohol motifs (C(OH)–C–C–N with tert-alkyl or cyclic N) is 1. The van der Waals surface area contributed by atoms with Gasteiger partial charge in [-0.3, -0.25) is 14.8 Å². The third-order valence-electron chi connectivity index (χ3n) is 5.53. The molecule has 2 aliphatic rings. The summed E-state index contributed by atoms with van der Waals surface area (Å²) >= 11 is 0. The maximum Gasteiger partial charge on any atom is 0.322 e. The minimum Gasteiger partial charge on any atom is -0.391 e. The van der Waals surface area contributed by atoms with Crippen LogP contribution < -0.4 is 10.2 Å². The SMILES string of the molecule is Cc1cc(C[C@@H]2CN(C(=O)c3ccc(C)c(N4CCNC4=O)c3)C[C@H]2O)n[nH]1. The number of carbonyl (C=O) groups is 2. The molecule has 0 bridgehead atoms. The van der Waals surface area contributed by atoms with Crippen LogP contribution in [0.2, 0.25) is 0 Å². The number of hydrogen-bond acceptors (Lipinski definition) is 4. The first-order valence-corrected chi connectivity index (χ1v) is 9.56. The Morgan fingerprint density at radius 1 is 1.29 bits per heavy atom. The lowest BCUT2D eigenvalue weighted by Gasteiger charge is -2.20. The molecular formula is C20H25N5O3. The van der Waals surface area contributed by atoms with Gasteiger partial charge in [0.15, 0.2) is 0 Å². The lowest BCUT2D eigenvalue weighted by Crippen LogP contribution is -2.31. The molecule has 4 rings (SSSR count). The van der Waals surface area contributed by atoms with E-state index in [0.717, 1.165) is 22.6 Å². The molecule has 3 amide bonds. The fraction of sp³-hybridized carbons (Fsp3) is 0.450. The third-order valence-corrected chi connectivity index (χ3v) is 5.53. The minimum atomic E-state index is -0.574. The molecule has 2 aliphatic heterocycles. The van der Waals surface area contributed by atoms with E-state index in [2.05, 4.69) is 15.5 Å². The zero-order valence-corrected chi connectivity index (χ0v) is 16.1. The van der Waals surface area contributed by atoms with Gasteiger partial charge in [0.2, 0.25) is 0 Å². The predicted molar refractivity (Wildman–Crippen MR) is 104 cm³/mol. The van der Waals surface area contributed by atoms with Crippen LogP contribution in [-0.2, 0) is 6.42 Å². The molecule has 2 aromatic rings. The van der Waals surface area contributed by atoms with Crippen molar-refractivity contribution in [3.05, 3.63) is 46.8 Å². The maximum atomic E-state index is 13.0. The number of aliphatic hydroxyl groups excluding tert-OH is 1. The van der Waals surface area contributed by atoms with E-state index in [0.29, 0.717) is 38.2 Å². The summed E-state index contributed by atoms with van der Waals surface area (Å²) in [4.78, 5) is 28.4. The van der Waals surface area contributed by atoms with Crippen molar-refractivity contribution in [2.75, 3.05) is 31.1 Å². The quantitative estimate of drug-likeness (QED) is 0.739. The lowest BCUT2D eigenvalue weighted by atomic mass is 10.00. The second kappa shape index (κ2) is 7.27. The molecular weight excluding hydrogens is 358 g/mol. The average Bonchev–Trinajstić information content (AvgIpc) is 3.37. The molecule has 8 heteroatoms. The Bertz CT molecular complexity index is 909. The van der Waals surface area contributed by atoms with Crippen LogP contribution in [0.3, 0.4) is 0 Å². The molecule has 0 spiro atoms. The van der Waals surface area contributed by atoms with Gasteiger partial charge in [0.25, 0.3) is 5.91 Å². The Balaban J connectivity index is 1.49. The van der Waals surface area contributed by atoms with Gasteiger partial charge in [-0.25, -0.2) is 4.79 Å². The summed E-state index contributed by atoms with van der Waals surface area (Å²) in [5.41, 5.74) is 4.11. The van der Waals surface area contributed by atoms with Crippen molar-refractivity contribution in [1.82, 2.24) is 20.4 Å². The van der Waals surface area contributed by atoms with Gasteiger partial charge in [0.1, 0.15) is 0 Å². The van der Waals surface area contributed by atoms with E-state index in [1.54, 1.807) is 21.9 Å². The van der Waals surface area contributed by atoms with Crippen molar-refractivity contribution >= 4 is 17.6 Å². The minimum absolute atomic E-state index is 0.0408. The number of H-pyrrole nitrogens is 1. The van der Waals surface area contributed by atoms with Crippen LogP contribution in [0.5, 0.6) is 0 Å². The molecule has 0 aliphatic carbocycles. The number of aliphatic hydroxyl groups is 1. The topological polar surface area (TPSA) is 102 Å². The average molecular weight is 383 g/mol. The number of anilines is 1. The number of aromatic amines is 1. The van der Waals surface area contributed by atoms with Crippen LogP contribution in [0.25, 0.3) is 0 Å². The number of hydrogen-bond donors (Lipinski definition) is 3. The summed E-state index contributed by atoms with van der Waals surface area (Å²) < 4.78 is 0. The van der Waals surface area contributed by atoms with E-state index in [9.17, 15) is 14.7 Å². The van der Waals surface area contributed by atoms with Crippen LogP contribution in [0.15, 0.2) is 24.3 Å². The second-order valence-corrected chi connectivity index (χ2v) is 7.67. The lowest BCUT2D eigenvalue weighted by molar-refractivity contribution is 0.0764. The number of amides is 3. The van der Waals surface area contributed by atoms with E-state index in [1.807, 2.05) is 26.0 Å². The van der Waals surface area contributed by atoms with Gasteiger partial charge in [-0.1, -0.05) is 6.07 Å². The van der Waals surface area contributed by atoms with Gasteiger partial charge in [0.05, 0.1) is 11.8 Å². The fourth-order valence-corrected chi connectivity index (χ4v) is 3.99. The van der Waals surface area contributed by atoms with Crippen molar-refractivity contribution in [2.24, 2.45) is 5.92 Å². The van der Waals surface area contributed by atoms with E-state index in [4.69, 9.17) is 0 Å². The van der Waals surface area contributed by atoms with Crippen molar-refractivity contribution in [1.29, 1.82) is 0 Å². The van der Waals surface area contributed by atoms with Crippen molar-refractivity contribution in [3.63, 3.8) is 0 Å². The highest BCUT2D eigenvalue weighted by Crippen LogP contribution is 2.27. The van der Waals surface area contributed by atoms with Gasteiger partial charge in [-0.2, -0.15) is 5.10 Å². The summed E-state index contributed by atoms with van der Waals surface area (Å²) in [5.74, 6) is -0.165. The zero-order valence-electron chi connectivity index (χ0n) is 16.1. The van der Waals surface area contributed by atoms with Crippen LogP contribution in [-0.4, -0.2) is 64.4 Å². The zero-order chi connectivity index (χ0) is 19.8. The number of urea groups is 1. The van der Waals surface area contributed by atoms with Gasteiger partial charge >= 0.3 is 6.03 Å². The first-order valence-electron chi connectivity index (χ1n) is 9.56. The largest absolute Gasteiger partial charge is 0.391 e. The monoisotopic (exact) mass is 383 g/mol. The van der Waals surface area contributed by atoms with Gasteiger partial charge in [0, 0.05) is 49.0 Å². The normalized spacial score (nSPS) is 22.0. The molecule has 1 aromatic heterocycles. The molecule has 3 N–H and O–H groups in total. The fourth-order valence-electron chi connectivity index (χ4n) is 3.99. The number of aryl methyl sites for hydroxylation is 2. The summed E-state index contributed by atoms with van der Waals surface area (Å²) in [6.45, 7) is 5.84. The summed E-state index contributed by atoms with van der Waals surface area (Å²) in [5, 5.41) is 20.4. The van der Waals surface area contributed by atoms with Crippen LogP contribution in [0.1, 0.15) is 27.3 Å². The summed E-state index contributed by atoms with van der Waals surface area (Å²) in [6.07, 6.45) is 0.0535. The molecule has 2 fully saturated rings. The van der Waals surface area contributed by atoms with Gasteiger partial charge in [-0.15, -0.1) is 0 Å². The molecule has 1 aromatic carbocycles. The molecule has 28 heavy (non-hydrogen) atoms. The molecule has 2 atom stereocenters. The number of rotatable bonds is 4. The van der Waals surface area contributed by atoms with Crippen LogP contribution >= 0.6 is 0 Å². The van der Waals surface area contributed by atoms with Crippen molar-refractivity contribution < 1.29 is 14.7 Å². The van der Waals surface area contributed by atoms with E-state index < -0.39 is 6.10 Å². The standard InChI is InChI=1S/C20H25N5O3/c1-12-3-4-14(9-17(12)25-6-5-21-20(25)28)19(27)24-10-15(18(26)11-24)8-16-7-13(2)22-23-16/h3-4,7,9,15,18,26H,5-6,8,10-11H2,1-2H3,(H,21,28)(H,22,23)/t15-,18-/m1/s1. The molecule has 0 radical (unpaired) electrons.